The third-order valence-corrected chi connectivity index (χ3v) is 4.36. The lowest BCUT2D eigenvalue weighted by Crippen LogP contribution is -2.41. The molecule has 0 saturated heterocycles. The fraction of sp³-hybridized carbons (Fsp3) is 0.600. The molecule has 1 atom stereocenters. The van der Waals surface area contributed by atoms with Crippen molar-refractivity contribution in [1.82, 2.24) is 5.32 Å². The molecule has 1 aliphatic carbocycles. The normalized spacial score (nSPS) is 16.8. The Kier molecular flexibility index (Phi) is 6.59. The second-order valence-corrected chi connectivity index (χ2v) is 7.88. The Morgan fingerprint density at radius 1 is 1.28 bits per heavy atom. The van der Waals surface area contributed by atoms with Crippen molar-refractivity contribution in [2.45, 2.75) is 64.7 Å². The van der Waals surface area contributed by atoms with E-state index >= 15 is 0 Å². The summed E-state index contributed by atoms with van der Waals surface area (Å²) in [4.78, 5) is 23.2. The van der Waals surface area contributed by atoms with Gasteiger partial charge in [0.15, 0.2) is 0 Å². The van der Waals surface area contributed by atoms with E-state index in [0.29, 0.717) is 19.6 Å². The molecule has 1 aromatic rings. The molecule has 1 fully saturated rings. The number of hydrogen-bond acceptors (Lipinski definition) is 4. The molecule has 5 heteroatoms. The van der Waals surface area contributed by atoms with Crippen molar-refractivity contribution in [3.63, 3.8) is 0 Å². The summed E-state index contributed by atoms with van der Waals surface area (Å²) in [5, 5.41) is 2.67. The van der Waals surface area contributed by atoms with Crippen LogP contribution in [0.1, 0.15) is 52.0 Å². The van der Waals surface area contributed by atoms with E-state index in [1.165, 1.54) is 0 Å². The maximum absolute atomic E-state index is 11.8. The van der Waals surface area contributed by atoms with Gasteiger partial charge < -0.3 is 19.6 Å². The maximum atomic E-state index is 11.8. The highest BCUT2D eigenvalue weighted by atomic mass is 16.6. The van der Waals surface area contributed by atoms with Crippen LogP contribution in [-0.4, -0.2) is 30.6 Å². The minimum Gasteiger partial charge on any atom is -0.444 e. The van der Waals surface area contributed by atoms with Gasteiger partial charge >= 0.3 is 6.09 Å². The predicted octanol–water partition coefficient (Wildman–Crippen LogP) is 3.86. The maximum Gasteiger partial charge on any atom is 0.408 e. The number of aldehydes is 1. The van der Waals surface area contributed by atoms with Gasteiger partial charge in [-0.3, -0.25) is 0 Å². The second kappa shape index (κ2) is 8.48. The van der Waals surface area contributed by atoms with E-state index in [1.807, 2.05) is 30.3 Å². The first kappa shape index (κ1) is 19.4. The van der Waals surface area contributed by atoms with Gasteiger partial charge in [-0.15, -0.1) is 0 Å². The van der Waals surface area contributed by atoms with E-state index in [4.69, 9.17) is 9.47 Å². The third kappa shape index (κ3) is 7.26. The summed E-state index contributed by atoms with van der Waals surface area (Å²) < 4.78 is 11.0. The fourth-order valence-corrected chi connectivity index (χ4v) is 2.84. The van der Waals surface area contributed by atoms with Gasteiger partial charge in [-0.1, -0.05) is 30.3 Å². The van der Waals surface area contributed by atoms with E-state index in [2.05, 4.69) is 5.32 Å². The SMILES string of the molecule is CC(C)(C)OC(=O)N[C@H](C=O)CC1(CCOCc2ccccc2)CC1. The van der Waals surface area contributed by atoms with Crippen LogP contribution < -0.4 is 5.32 Å². The van der Waals surface area contributed by atoms with Crippen LogP contribution in [0.25, 0.3) is 0 Å². The lowest BCUT2D eigenvalue weighted by Gasteiger charge is -2.23. The predicted molar refractivity (Wildman–Crippen MR) is 96.2 cm³/mol. The Morgan fingerprint density at radius 3 is 2.52 bits per heavy atom. The summed E-state index contributed by atoms with van der Waals surface area (Å²) in [5.41, 5.74) is 0.696. The summed E-state index contributed by atoms with van der Waals surface area (Å²) >= 11 is 0. The van der Waals surface area contributed by atoms with Gasteiger partial charge in [-0.2, -0.15) is 0 Å². The largest absolute Gasteiger partial charge is 0.444 e. The lowest BCUT2D eigenvalue weighted by atomic mass is 9.94. The molecule has 1 amide bonds. The highest BCUT2D eigenvalue weighted by Crippen LogP contribution is 2.52. The Hall–Kier alpha value is -1.88. The standard InChI is InChI=1S/C20H29NO4/c1-19(2,3)25-18(23)21-17(14-22)13-20(9-10-20)11-12-24-15-16-7-5-4-6-8-16/h4-8,14,17H,9-13,15H2,1-3H3,(H,21,23)/t17-/m0/s1. The van der Waals surface area contributed by atoms with Gasteiger partial charge in [0.05, 0.1) is 12.6 Å². The number of hydrogen-bond donors (Lipinski definition) is 1. The molecule has 1 aromatic carbocycles. The molecule has 0 spiro atoms. The monoisotopic (exact) mass is 347 g/mol. The first-order valence-corrected chi connectivity index (χ1v) is 8.88. The smallest absolute Gasteiger partial charge is 0.408 e. The van der Waals surface area contributed by atoms with Crippen LogP contribution in [0.4, 0.5) is 4.79 Å². The number of alkyl carbamates (subject to hydrolysis) is 1. The van der Waals surface area contributed by atoms with Gasteiger partial charge in [-0.05, 0) is 57.4 Å². The van der Waals surface area contributed by atoms with E-state index in [-0.39, 0.29) is 5.41 Å². The van der Waals surface area contributed by atoms with Crippen molar-refractivity contribution in [2.75, 3.05) is 6.61 Å². The first-order valence-electron chi connectivity index (χ1n) is 8.88. The molecular weight excluding hydrogens is 318 g/mol. The number of carbonyl (C=O) groups excluding carboxylic acids is 2. The summed E-state index contributed by atoms with van der Waals surface area (Å²) in [5.74, 6) is 0. The van der Waals surface area contributed by atoms with Crippen molar-refractivity contribution in [3.05, 3.63) is 35.9 Å². The number of amides is 1. The van der Waals surface area contributed by atoms with E-state index in [0.717, 1.165) is 31.1 Å². The van der Waals surface area contributed by atoms with E-state index < -0.39 is 17.7 Å². The molecule has 1 aliphatic rings. The highest BCUT2D eigenvalue weighted by molar-refractivity contribution is 5.73. The van der Waals surface area contributed by atoms with Crippen molar-refractivity contribution in [2.24, 2.45) is 5.41 Å². The van der Waals surface area contributed by atoms with Crippen LogP contribution in [0.3, 0.4) is 0 Å². The van der Waals surface area contributed by atoms with Gasteiger partial charge in [0.1, 0.15) is 11.9 Å². The molecule has 25 heavy (non-hydrogen) atoms. The first-order chi connectivity index (χ1) is 11.8. The van der Waals surface area contributed by atoms with Crippen LogP contribution in [0, 0.1) is 5.41 Å². The van der Waals surface area contributed by atoms with Crippen molar-refractivity contribution >= 4 is 12.4 Å². The van der Waals surface area contributed by atoms with Gasteiger partial charge in [-0.25, -0.2) is 4.79 Å². The fourth-order valence-electron chi connectivity index (χ4n) is 2.84. The third-order valence-electron chi connectivity index (χ3n) is 4.36. The molecule has 2 rings (SSSR count). The Bertz CT molecular complexity index is 561. The molecule has 0 unspecified atom stereocenters. The molecule has 0 radical (unpaired) electrons. The molecule has 1 N–H and O–H groups in total. The van der Waals surface area contributed by atoms with E-state index in [9.17, 15) is 9.59 Å². The number of ether oxygens (including phenoxy) is 2. The molecule has 5 nitrogen and oxygen atoms in total. The van der Waals surface area contributed by atoms with Gasteiger partial charge in [0.25, 0.3) is 0 Å². The second-order valence-electron chi connectivity index (χ2n) is 7.88. The molecule has 0 aliphatic heterocycles. The summed E-state index contributed by atoms with van der Waals surface area (Å²) in [6.45, 7) is 6.66. The Morgan fingerprint density at radius 2 is 1.96 bits per heavy atom. The Labute approximate surface area is 150 Å². The summed E-state index contributed by atoms with van der Waals surface area (Å²) in [7, 11) is 0. The minimum absolute atomic E-state index is 0.108. The van der Waals surface area contributed by atoms with Crippen LogP contribution in [0.5, 0.6) is 0 Å². The summed E-state index contributed by atoms with van der Waals surface area (Å²) in [6.07, 6.45) is 3.95. The number of carbonyl (C=O) groups is 2. The average molecular weight is 347 g/mol. The van der Waals surface area contributed by atoms with Gasteiger partial charge in [0, 0.05) is 6.61 Å². The molecule has 0 aromatic heterocycles. The number of nitrogens with one attached hydrogen (secondary N) is 1. The molecule has 1 saturated carbocycles. The zero-order valence-electron chi connectivity index (χ0n) is 15.4. The minimum atomic E-state index is -0.569. The number of rotatable bonds is 9. The zero-order chi connectivity index (χ0) is 18.3. The molecule has 138 valence electrons. The zero-order valence-corrected chi connectivity index (χ0v) is 15.4. The van der Waals surface area contributed by atoms with Gasteiger partial charge in [0.2, 0.25) is 0 Å². The summed E-state index contributed by atoms with van der Waals surface area (Å²) in [6, 6.07) is 9.56. The van der Waals surface area contributed by atoms with Crippen LogP contribution in [0.15, 0.2) is 30.3 Å². The Balaban J connectivity index is 1.72. The van der Waals surface area contributed by atoms with Crippen LogP contribution >= 0.6 is 0 Å². The van der Waals surface area contributed by atoms with Crippen molar-refractivity contribution < 1.29 is 19.1 Å². The topological polar surface area (TPSA) is 64.6 Å². The van der Waals surface area contributed by atoms with Crippen LogP contribution in [0.2, 0.25) is 0 Å². The van der Waals surface area contributed by atoms with Crippen LogP contribution in [-0.2, 0) is 20.9 Å². The van der Waals surface area contributed by atoms with E-state index in [1.54, 1.807) is 20.8 Å². The highest BCUT2D eigenvalue weighted by Gasteiger charge is 2.44. The lowest BCUT2D eigenvalue weighted by molar-refractivity contribution is -0.110. The molecule has 0 bridgehead atoms. The van der Waals surface area contributed by atoms with Crippen molar-refractivity contribution in [1.29, 1.82) is 0 Å². The average Bonchev–Trinajstić information content (AvgIpc) is 3.30. The van der Waals surface area contributed by atoms with Crippen molar-refractivity contribution in [3.8, 4) is 0 Å². The molecule has 0 heterocycles. The quantitative estimate of drug-likeness (QED) is 0.544. The molecular formula is C20H29NO4. The number of benzene rings is 1.